The number of hydrogen-bond acceptors (Lipinski definition) is 1. The van der Waals surface area contributed by atoms with Crippen molar-refractivity contribution in [1.29, 1.82) is 0 Å². The third-order valence-corrected chi connectivity index (χ3v) is 19.7. The van der Waals surface area contributed by atoms with Crippen molar-refractivity contribution in [3.8, 4) is 0 Å². The molecule has 0 aromatic carbocycles. The number of halogens is 2. The van der Waals surface area contributed by atoms with Crippen LogP contribution in [0.4, 0.5) is 0 Å². The van der Waals surface area contributed by atoms with Crippen molar-refractivity contribution in [2.75, 3.05) is 2.43 Å². The van der Waals surface area contributed by atoms with E-state index in [1.165, 1.54) is 5.70 Å². The second-order valence-corrected chi connectivity index (χ2v) is 15.8. The van der Waals surface area contributed by atoms with Gasteiger partial charge in [-0.3, -0.25) is 0 Å². The number of alkyl halides is 2. The molecule has 0 radical (unpaired) electrons. The quantitative estimate of drug-likeness (QED) is 0.408. The average Bonchev–Trinajstić information content (AvgIpc) is 1.92. The number of hydrogen-bond donors (Lipinski definition) is 1. The minimum atomic E-state index is -0.747. The van der Waals surface area contributed by atoms with E-state index in [1.807, 2.05) is 0 Å². The summed E-state index contributed by atoms with van der Waals surface area (Å²) in [6.45, 7) is 4.47. The number of allylic oxidation sites excluding steroid dienone is 1. The summed E-state index contributed by atoms with van der Waals surface area (Å²) in [7, 11) is 0. The Hall–Kier alpha value is 0.960. The summed E-state index contributed by atoms with van der Waals surface area (Å²) in [4.78, 5) is 1.12. The molecular formula is C8H11I2NS. The van der Waals surface area contributed by atoms with Gasteiger partial charge in [0.25, 0.3) is 0 Å². The Balaban J connectivity index is 2.26. The van der Waals surface area contributed by atoms with Crippen molar-refractivity contribution in [1.82, 2.24) is 5.32 Å². The zero-order valence-electron chi connectivity index (χ0n) is 7.03. The van der Waals surface area contributed by atoms with E-state index >= 15 is 0 Å². The Labute approximate surface area is 95.5 Å². The average molecular weight is 407 g/mol. The Bertz CT molecular complexity index is 293. The van der Waals surface area contributed by atoms with Crippen molar-refractivity contribution in [2.24, 2.45) is 5.92 Å². The SMILES string of the molecule is CC(C)C1=CI2CI=C2C(=S)N1. The molecule has 12 heavy (non-hydrogen) atoms. The van der Waals surface area contributed by atoms with E-state index in [2.05, 4.69) is 23.2 Å². The van der Waals surface area contributed by atoms with Gasteiger partial charge in [0.05, 0.1) is 0 Å². The van der Waals surface area contributed by atoms with Crippen molar-refractivity contribution in [2.45, 2.75) is 13.8 Å². The molecule has 0 aromatic heterocycles. The molecule has 68 valence electrons. The molecule has 2 rings (SSSR count). The molecule has 0 saturated heterocycles. The molecule has 0 aromatic rings. The summed E-state index contributed by atoms with van der Waals surface area (Å²) in [6.07, 6.45) is 0. The van der Waals surface area contributed by atoms with Crippen LogP contribution in [0.25, 0.3) is 0 Å². The van der Waals surface area contributed by atoms with Crippen LogP contribution in [0.3, 0.4) is 0 Å². The molecule has 0 unspecified atom stereocenters. The Morgan fingerprint density at radius 2 is 2.42 bits per heavy atom. The zero-order chi connectivity index (χ0) is 8.72. The molecule has 0 fully saturated rings. The van der Waals surface area contributed by atoms with E-state index in [0.29, 0.717) is 26.6 Å². The summed E-state index contributed by atoms with van der Waals surface area (Å²) in [5.74, 6) is 0.626. The van der Waals surface area contributed by atoms with Crippen LogP contribution in [0, 0.1) is 5.92 Å². The number of fused-ring (bicyclic) bond motifs is 1. The van der Waals surface area contributed by atoms with Crippen LogP contribution in [0.1, 0.15) is 13.8 Å². The van der Waals surface area contributed by atoms with Crippen LogP contribution in [0.15, 0.2) is 9.78 Å². The zero-order valence-corrected chi connectivity index (χ0v) is 12.2. The van der Waals surface area contributed by atoms with Crippen LogP contribution >= 0.6 is 52.8 Å². The molecule has 2 heterocycles. The van der Waals surface area contributed by atoms with Gasteiger partial charge in [-0.25, -0.2) is 0 Å². The number of nitrogens with one attached hydrogen (secondary N) is 1. The summed E-state index contributed by atoms with van der Waals surface area (Å²) >= 11 is 4.97. The van der Waals surface area contributed by atoms with Gasteiger partial charge >= 0.3 is 96.6 Å². The van der Waals surface area contributed by atoms with Crippen LogP contribution in [0.5, 0.6) is 0 Å². The molecule has 0 atom stereocenters. The molecule has 2 aliphatic heterocycles. The summed E-state index contributed by atoms with van der Waals surface area (Å²) in [5.41, 5.74) is 1.40. The van der Waals surface area contributed by atoms with Gasteiger partial charge in [0.2, 0.25) is 0 Å². The maximum atomic E-state index is 5.33. The van der Waals surface area contributed by atoms with Gasteiger partial charge in [-0.1, -0.05) is 0 Å². The maximum absolute atomic E-state index is 5.33. The third kappa shape index (κ3) is 1.61. The molecule has 0 aliphatic carbocycles. The summed E-state index contributed by atoms with van der Waals surface area (Å²) < 4.78 is 5.82. The van der Waals surface area contributed by atoms with Crippen molar-refractivity contribution >= 4 is 59.3 Å². The van der Waals surface area contributed by atoms with Gasteiger partial charge in [0.15, 0.2) is 0 Å². The van der Waals surface area contributed by atoms with Gasteiger partial charge < -0.3 is 0 Å². The van der Waals surface area contributed by atoms with Crippen LogP contribution in [0.2, 0.25) is 0 Å². The molecule has 0 amide bonds. The van der Waals surface area contributed by atoms with Gasteiger partial charge in [0.1, 0.15) is 0 Å². The van der Waals surface area contributed by atoms with Gasteiger partial charge in [0, 0.05) is 0 Å². The minimum absolute atomic E-state index is 0.388. The molecule has 0 bridgehead atoms. The Kier molecular flexibility index (Phi) is 2.86. The topological polar surface area (TPSA) is 12.0 Å². The predicted octanol–water partition coefficient (Wildman–Crippen LogP) is 2.99. The molecule has 4 heteroatoms. The molecular weight excluding hydrogens is 396 g/mol. The van der Waals surface area contributed by atoms with Crippen molar-refractivity contribution in [3.63, 3.8) is 0 Å². The predicted molar refractivity (Wildman–Crippen MR) is 76.6 cm³/mol. The van der Waals surface area contributed by atoms with E-state index in [4.69, 9.17) is 12.2 Å². The molecule has 0 saturated carbocycles. The first-order valence-electron chi connectivity index (χ1n) is 3.82. The Morgan fingerprint density at radius 1 is 1.67 bits per heavy atom. The van der Waals surface area contributed by atoms with E-state index in [9.17, 15) is 0 Å². The summed E-state index contributed by atoms with van der Waals surface area (Å²) in [6, 6.07) is 0. The van der Waals surface area contributed by atoms with Gasteiger partial charge in [-0.15, -0.1) is 0 Å². The third-order valence-electron chi connectivity index (χ3n) is 1.79. The van der Waals surface area contributed by atoms with Crippen molar-refractivity contribution in [3.05, 3.63) is 9.78 Å². The molecule has 0 spiro atoms. The molecule has 1 nitrogen and oxygen atoms in total. The molecule has 1 N–H and O–H groups in total. The van der Waals surface area contributed by atoms with Crippen LogP contribution < -0.4 is 5.32 Å². The first-order chi connectivity index (χ1) is 5.68. The second-order valence-electron chi connectivity index (χ2n) is 3.07. The fourth-order valence-electron chi connectivity index (χ4n) is 1.03. The van der Waals surface area contributed by atoms with Gasteiger partial charge in [-0.05, 0) is 0 Å². The monoisotopic (exact) mass is 407 g/mol. The number of rotatable bonds is 1. The van der Waals surface area contributed by atoms with Crippen LogP contribution in [-0.2, 0) is 0 Å². The van der Waals surface area contributed by atoms with E-state index < -0.39 is 19.8 Å². The van der Waals surface area contributed by atoms with Crippen molar-refractivity contribution < 1.29 is 0 Å². The van der Waals surface area contributed by atoms with Crippen LogP contribution in [-0.4, -0.2) is 8.94 Å². The Morgan fingerprint density at radius 3 is 2.83 bits per heavy atom. The van der Waals surface area contributed by atoms with E-state index in [0.717, 1.165) is 4.99 Å². The summed E-state index contributed by atoms with van der Waals surface area (Å²) in [5, 5.41) is 3.37. The fourth-order valence-corrected chi connectivity index (χ4v) is 14.5. The molecule has 2 aliphatic rings. The normalized spacial score (nSPS) is 24.6. The first kappa shape index (κ1) is 9.51. The van der Waals surface area contributed by atoms with Gasteiger partial charge in [-0.2, -0.15) is 0 Å². The van der Waals surface area contributed by atoms with E-state index in [-0.39, 0.29) is 0 Å². The first-order valence-corrected chi connectivity index (χ1v) is 10.7. The van der Waals surface area contributed by atoms with E-state index in [1.54, 1.807) is 3.95 Å². The number of thiocarbonyl (C=S) groups is 1. The fraction of sp³-hybridized carbons (Fsp3) is 0.500. The second kappa shape index (κ2) is 3.61. The standard InChI is InChI=1S/C8H11I2NS/c1-5(2)6-3-10-4-9-7(10)8(12)11-6/h3,5H,4H2,1-2H3,(H,11,12).